The van der Waals surface area contributed by atoms with Crippen molar-refractivity contribution in [2.45, 2.75) is 37.3 Å². The van der Waals surface area contributed by atoms with Crippen LogP contribution in [0, 0.1) is 5.92 Å². The molecule has 0 aromatic heterocycles. The van der Waals surface area contributed by atoms with Gasteiger partial charge in [0.25, 0.3) is 0 Å². The molecule has 0 bridgehead atoms. The second-order valence-corrected chi connectivity index (χ2v) is 7.25. The molecule has 0 saturated carbocycles. The summed E-state index contributed by atoms with van der Waals surface area (Å²) >= 11 is 6.01. The van der Waals surface area contributed by atoms with Crippen molar-refractivity contribution in [3.8, 4) is 0 Å². The van der Waals surface area contributed by atoms with E-state index in [-0.39, 0.29) is 5.91 Å². The van der Waals surface area contributed by atoms with E-state index in [0.29, 0.717) is 28.1 Å². The lowest BCUT2D eigenvalue weighted by atomic mass is 10.1. The zero-order chi connectivity index (χ0) is 15.3. The molecule has 0 heterocycles. The van der Waals surface area contributed by atoms with E-state index >= 15 is 0 Å². The lowest BCUT2D eigenvalue weighted by Crippen LogP contribution is -2.36. The smallest absolute Gasteiger partial charge is 0.235 e. The molecule has 1 rings (SSSR count). The van der Waals surface area contributed by atoms with E-state index in [1.807, 2.05) is 0 Å². The number of carbonyl (C=O) groups excluding carboxylic acids is 1. The van der Waals surface area contributed by atoms with Crippen LogP contribution >= 0.6 is 11.6 Å². The third-order valence-electron chi connectivity index (χ3n) is 2.88. The van der Waals surface area contributed by atoms with Gasteiger partial charge in [-0.05, 0) is 37.5 Å². The van der Waals surface area contributed by atoms with E-state index < -0.39 is 16.0 Å². The maximum absolute atomic E-state index is 12.4. The van der Waals surface area contributed by atoms with Crippen LogP contribution in [0.25, 0.3) is 0 Å². The van der Waals surface area contributed by atoms with Crippen LogP contribution in [0.15, 0.2) is 23.1 Å². The molecule has 0 aliphatic rings. The van der Waals surface area contributed by atoms with Gasteiger partial charge in [0.15, 0.2) is 0 Å². The summed E-state index contributed by atoms with van der Waals surface area (Å²) in [5.41, 5.74) is 6.14. The fraction of sp³-hybridized carbons (Fsp3) is 0.500. The molecule has 2 atom stereocenters. The van der Waals surface area contributed by atoms with E-state index in [4.69, 9.17) is 17.3 Å². The summed E-state index contributed by atoms with van der Waals surface area (Å²) in [6, 6.07) is 4.78. The van der Waals surface area contributed by atoms with Gasteiger partial charge in [-0.2, -0.15) is 0 Å². The Morgan fingerprint density at radius 2 is 2.05 bits per heavy atom. The molecule has 2 unspecified atom stereocenters. The summed E-state index contributed by atoms with van der Waals surface area (Å²) < 4.78 is 12.4. The van der Waals surface area contributed by atoms with E-state index in [9.17, 15) is 9.00 Å². The van der Waals surface area contributed by atoms with Gasteiger partial charge in [0.05, 0.1) is 20.7 Å². The number of rotatable bonds is 6. The van der Waals surface area contributed by atoms with E-state index in [0.717, 1.165) is 6.42 Å². The average molecular weight is 317 g/mol. The van der Waals surface area contributed by atoms with E-state index in [1.165, 1.54) is 0 Å². The van der Waals surface area contributed by atoms with Crippen LogP contribution in [0.2, 0.25) is 5.02 Å². The van der Waals surface area contributed by atoms with Crippen LogP contribution < -0.4 is 11.1 Å². The Kier molecular flexibility index (Phi) is 6.49. The van der Waals surface area contributed by atoms with Crippen LogP contribution in [0.5, 0.6) is 0 Å². The van der Waals surface area contributed by atoms with Crippen molar-refractivity contribution in [1.82, 2.24) is 5.32 Å². The Morgan fingerprint density at radius 3 is 2.65 bits per heavy atom. The zero-order valence-corrected chi connectivity index (χ0v) is 13.6. The first-order chi connectivity index (χ1) is 9.32. The maximum atomic E-state index is 12.4. The molecule has 6 heteroatoms. The lowest BCUT2D eigenvalue weighted by Gasteiger charge is -2.14. The number of hydrogen-bond donors (Lipinski definition) is 2. The van der Waals surface area contributed by atoms with E-state index in [1.54, 1.807) is 25.1 Å². The minimum absolute atomic E-state index is 0.234. The van der Waals surface area contributed by atoms with Crippen LogP contribution in [-0.4, -0.2) is 21.9 Å². The Balaban J connectivity index is 2.71. The summed E-state index contributed by atoms with van der Waals surface area (Å²) in [5.74, 6) is 0.280. The van der Waals surface area contributed by atoms with Gasteiger partial charge in [-0.15, -0.1) is 0 Å². The number of halogens is 1. The Labute approximate surface area is 127 Å². The summed E-state index contributed by atoms with van der Waals surface area (Å²) in [4.78, 5) is 12.4. The number of carbonyl (C=O) groups is 1. The molecule has 3 N–H and O–H groups in total. The third-order valence-corrected chi connectivity index (χ3v) is 4.95. The number of benzene rings is 1. The first kappa shape index (κ1) is 17.0. The fourth-order valence-corrected chi connectivity index (χ4v) is 3.11. The SMILES string of the molecule is CC(C)CCNC(=O)C(C)S(=O)c1cc(N)ccc1Cl. The summed E-state index contributed by atoms with van der Waals surface area (Å²) in [7, 11) is -1.52. The molecule has 0 saturated heterocycles. The van der Waals surface area contributed by atoms with Crippen LogP contribution in [0.1, 0.15) is 27.2 Å². The number of amides is 1. The van der Waals surface area contributed by atoms with E-state index in [2.05, 4.69) is 19.2 Å². The molecule has 20 heavy (non-hydrogen) atoms. The molecular formula is C14H21ClN2O2S. The molecule has 0 spiro atoms. The van der Waals surface area contributed by atoms with Crippen LogP contribution in [-0.2, 0) is 15.6 Å². The number of nitrogen functional groups attached to an aromatic ring is 1. The van der Waals surface area contributed by atoms with Crippen LogP contribution in [0.4, 0.5) is 5.69 Å². The largest absolute Gasteiger partial charge is 0.399 e. The van der Waals surface area contributed by atoms with Gasteiger partial charge in [-0.25, -0.2) is 0 Å². The van der Waals surface area contributed by atoms with Gasteiger partial charge in [0.1, 0.15) is 5.25 Å². The second kappa shape index (κ2) is 7.64. The summed E-state index contributed by atoms with van der Waals surface area (Å²) in [6.45, 7) is 6.38. The lowest BCUT2D eigenvalue weighted by molar-refractivity contribution is -0.120. The highest BCUT2D eigenvalue weighted by Crippen LogP contribution is 2.24. The topological polar surface area (TPSA) is 72.2 Å². The quantitative estimate of drug-likeness (QED) is 0.792. The molecule has 1 aromatic carbocycles. The molecule has 1 aromatic rings. The Hall–Kier alpha value is -1.07. The minimum Gasteiger partial charge on any atom is -0.399 e. The molecule has 0 aliphatic heterocycles. The molecular weight excluding hydrogens is 296 g/mol. The zero-order valence-electron chi connectivity index (χ0n) is 12.0. The highest BCUT2D eigenvalue weighted by Gasteiger charge is 2.23. The van der Waals surface area contributed by atoms with Crippen molar-refractivity contribution >= 4 is 34.0 Å². The van der Waals surface area contributed by atoms with Crippen molar-refractivity contribution in [3.63, 3.8) is 0 Å². The molecule has 0 fully saturated rings. The number of nitrogens with two attached hydrogens (primary N) is 1. The first-order valence-electron chi connectivity index (χ1n) is 6.56. The van der Waals surface area contributed by atoms with Gasteiger partial charge in [0.2, 0.25) is 5.91 Å². The number of hydrogen-bond acceptors (Lipinski definition) is 3. The van der Waals surface area contributed by atoms with Crippen molar-refractivity contribution in [1.29, 1.82) is 0 Å². The molecule has 112 valence electrons. The first-order valence-corrected chi connectivity index (χ1v) is 8.15. The van der Waals surface area contributed by atoms with Gasteiger partial charge in [0, 0.05) is 12.2 Å². The average Bonchev–Trinajstić information content (AvgIpc) is 2.39. The van der Waals surface area contributed by atoms with Crippen LogP contribution in [0.3, 0.4) is 0 Å². The predicted molar refractivity (Wildman–Crippen MR) is 84.2 cm³/mol. The van der Waals surface area contributed by atoms with Crippen molar-refractivity contribution in [2.24, 2.45) is 5.92 Å². The summed E-state index contributed by atoms with van der Waals surface area (Å²) in [5, 5.41) is 2.49. The molecule has 0 aliphatic carbocycles. The molecule has 0 radical (unpaired) electrons. The van der Waals surface area contributed by atoms with Crippen molar-refractivity contribution < 1.29 is 9.00 Å². The monoisotopic (exact) mass is 316 g/mol. The predicted octanol–water partition coefficient (Wildman–Crippen LogP) is 2.58. The van der Waals surface area contributed by atoms with Crippen molar-refractivity contribution in [2.75, 3.05) is 12.3 Å². The summed E-state index contributed by atoms with van der Waals surface area (Å²) in [6.07, 6.45) is 0.893. The Morgan fingerprint density at radius 1 is 1.40 bits per heavy atom. The maximum Gasteiger partial charge on any atom is 0.235 e. The highest BCUT2D eigenvalue weighted by atomic mass is 35.5. The third kappa shape index (κ3) is 4.80. The Bertz CT molecular complexity index is 506. The van der Waals surface area contributed by atoms with Gasteiger partial charge < -0.3 is 11.1 Å². The highest BCUT2D eigenvalue weighted by molar-refractivity contribution is 7.86. The number of nitrogens with one attached hydrogen (secondary N) is 1. The molecule has 4 nitrogen and oxygen atoms in total. The second-order valence-electron chi connectivity index (χ2n) is 5.10. The van der Waals surface area contributed by atoms with Gasteiger partial charge in [-0.1, -0.05) is 25.4 Å². The number of anilines is 1. The standard InChI is InChI=1S/C14H21ClN2O2S/c1-9(2)6-7-17-14(18)10(3)20(19)13-8-11(16)4-5-12(13)15/h4-5,8-10H,6-7,16H2,1-3H3,(H,17,18). The normalized spacial score (nSPS) is 14.1. The van der Waals surface area contributed by atoms with Crippen molar-refractivity contribution in [3.05, 3.63) is 23.2 Å². The van der Waals surface area contributed by atoms with Gasteiger partial charge in [-0.3, -0.25) is 9.00 Å². The minimum atomic E-state index is -1.52. The van der Waals surface area contributed by atoms with Gasteiger partial charge >= 0.3 is 0 Å². The fourth-order valence-electron chi connectivity index (χ4n) is 1.59. The molecule has 1 amide bonds.